The number of urea groups is 2. The molecule has 372 valence electrons. The fourth-order valence-corrected chi connectivity index (χ4v) is 9.64. The Morgan fingerprint density at radius 1 is 0.662 bits per heavy atom. The number of nitrogens with zero attached hydrogens (tertiary/aromatic N) is 7. The number of quaternary nitrogens is 1. The average Bonchev–Trinajstić information content (AvgIpc) is 4.13. The molecule has 4 heterocycles. The van der Waals surface area contributed by atoms with Crippen molar-refractivity contribution in [3.8, 4) is 23.0 Å². The molecular weight excluding hydrogens is 997 g/mol. The molecule has 6 aromatic rings. The summed E-state index contributed by atoms with van der Waals surface area (Å²) in [6.45, 7) is -12.2. The zero-order valence-corrected chi connectivity index (χ0v) is 38.6. The first-order chi connectivity index (χ1) is 33.8. The maximum absolute atomic E-state index is 14.7. The molecule has 2 aliphatic rings. The van der Waals surface area contributed by atoms with Gasteiger partial charge in [-0.3, -0.25) is 24.9 Å². The Bertz CT molecular complexity index is 2940. The van der Waals surface area contributed by atoms with E-state index in [1.165, 1.54) is 116 Å². The maximum atomic E-state index is 14.7. The van der Waals surface area contributed by atoms with Gasteiger partial charge in [-0.1, -0.05) is 24.3 Å². The van der Waals surface area contributed by atoms with Crippen molar-refractivity contribution in [2.75, 3.05) is 23.9 Å². The normalized spacial score (nSPS) is 19.1. The van der Waals surface area contributed by atoms with Crippen molar-refractivity contribution < 1.29 is 77.8 Å². The number of nitrogens with one attached hydrogen (secondary N) is 1. The fourth-order valence-electron chi connectivity index (χ4n) is 8.48. The molecule has 4 aromatic carbocycles. The lowest BCUT2D eigenvalue weighted by molar-refractivity contribution is -0.975. The first-order valence-electron chi connectivity index (χ1n) is 20.7. The van der Waals surface area contributed by atoms with Crippen LogP contribution >= 0.6 is 22.7 Å². The van der Waals surface area contributed by atoms with Gasteiger partial charge >= 0.3 is 44.4 Å². The smallest absolute Gasteiger partial charge is 0.431 e. The van der Waals surface area contributed by atoms with Crippen LogP contribution in [0.4, 0.5) is 67.5 Å². The van der Waals surface area contributed by atoms with Crippen LogP contribution in [-0.4, -0.2) is 88.9 Å². The Hall–Kier alpha value is -7.58. The number of rotatable bonds is 19. The Morgan fingerprint density at radius 3 is 1.61 bits per heavy atom. The van der Waals surface area contributed by atoms with Crippen LogP contribution in [0.3, 0.4) is 0 Å². The van der Waals surface area contributed by atoms with Crippen molar-refractivity contribution in [2.24, 2.45) is 0 Å². The van der Waals surface area contributed by atoms with Gasteiger partial charge in [-0.2, -0.15) is 35.1 Å². The van der Waals surface area contributed by atoms with Crippen LogP contribution in [0.15, 0.2) is 108 Å². The van der Waals surface area contributed by atoms with E-state index in [-0.39, 0.29) is 47.0 Å². The predicted octanol–water partition coefficient (Wildman–Crippen LogP) is 10.1. The third kappa shape index (κ3) is 9.68. The molecule has 1 N–H and O–H groups in total. The van der Waals surface area contributed by atoms with Crippen molar-refractivity contribution in [1.29, 1.82) is 0 Å². The largest absolute Gasteiger partial charge is 0.451 e. The van der Waals surface area contributed by atoms with E-state index in [0.717, 1.165) is 34.2 Å². The maximum Gasteiger partial charge on any atom is 0.451 e. The number of anilines is 4. The fraction of sp³-hybridized carbons (Fsp3) is 0.244. The van der Waals surface area contributed by atoms with Gasteiger partial charge in [-0.15, -0.1) is 32.3 Å². The molecule has 0 spiro atoms. The van der Waals surface area contributed by atoms with E-state index in [0.29, 0.717) is 9.75 Å². The summed E-state index contributed by atoms with van der Waals surface area (Å²) in [5.74, 6) is -4.49. The summed E-state index contributed by atoms with van der Waals surface area (Å²) >= 11 is 2.46. The van der Waals surface area contributed by atoms with E-state index in [1.807, 2.05) is 0 Å². The molecule has 0 radical (unpaired) electrons. The van der Waals surface area contributed by atoms with Gasteiger partial charge in [0.2, 0.25) is 5.54 Å². The molecular formula is C45H37F8N8O8S2+. The van der Waals surface area contributed by atoms with Gasteiger partial charge in [0.1, 0.15) is 7.05 Å². The molecule has 71 heavy (non-hydrogen) atoms. The molecule has 2 saturated heterocycles. The first kappa shape index (κ1) is 49.8. The molecule has 2 aromatic heterocycles. The molecule has 8 rings (SSSR count). The van der Waals surface area contributed by atoms with E-state index in [9.17, 15) is 54.3 Å². The number of amides is 6. The van der Waals surface area contributed by atoms with Crippen molar-refractivity contribution in [1.82, 2.24) is 25.2 Å². The minimum absolute atomic E-state index is 0.00253. The van der Waals surface area contributed by atoms with E-state index < -0.39 is 89.5 Å². The topological polar surface area (TPSA) is 156 Å². The lowest BCUT2D eigenvalue weighted by atomic mass is 9.89. The van der Waals surface area contributed by atoms with E-state index in [2.05, 4.69) is 34.2 Å². The second kappa shape index (κ2) is 20.0. The number of hydrogen-bond donors (Lipinski definition) is 1. The van der Waals surface area contributed by atoms with E-state index in [4.69, 9.17) is 0 Å². The summed E-state index contributed by atoms with van der Waals surface area (Å²) in [6.07, 6.45) is 3.07. The monoisotopic (exact) mass is 1030 g/mol. The van der Waals surface area contributed by atoms with Crippen LogP contribution in [0.25, 0.3) is 0 Å². The summed E-state index contributed by atoms with van der Waals surface area (Å²) in [6, 6.07) is 15.3. The number of aromatic nitrogens is 2. The van der Waals surface area contributed by atoms with E-state index in [1.54, 1.807) is 21.9 Å². The number of thiazole rings is 2. The molecule has 6 amide bonds. The second-order valence-electron chi connectivity index (χ2n) is 15.7. The van der Waals surface area contributed by atoms with Crippen LogP contribution in [0, 0.1) is 0 Å². The zero-order chi connectivity index (χ0) is 50.9. The van der Waals surface area contributed by atoms with Gasteiger partial charge in [0, 0.05) is 76.6 Å². The van der Waals surface area contributed by atoms with Crippen molar-refractivity contribution in [2.45, 2.75) is 58.0 Å². The minimum Gasteiger partial charge on any atom is -0.431 e. The van der Waals surface area contributed by atoms with Crippen LogP contribution in [0.1, 0.15) is 33.8 Å². The molecule has 0 bridgehead atoms. The van der Waals surface area contributed by atoms with Gasteiger partial charge < -0.3 is 28.7 Å². The van der Waals surface area contributed by atoms with Gasteiger partial charge in [0.05, 0.1) is 24.1 Å². The molecule has 3 unspecified atom stereocenters. The highest BCUT2D eigenvalue weighted by atomic mass is 32.1. The number of benzene rings is 4. The summed E-state index contributed by atoms with van der Waals surface area (Å²) < 4.78 is 124. The van der Waals surface area contributed by atoms with Crippen molar-refractivity contribution in [3.05, 3.63) is 129 Å². The molecule has 26 heteroatoms. The highest BCUT2D eigenvalue weighted by Gasteiger charge is 2.73. The molecule has 16 nitrogen and oxygen atoms in total. The molecule has 2 aliphatic heterocycles. The van der Waals surface area contributed by atoms with Gasteiger partial charge in [-0.05, 0) is 54.1 Å². The zero-order valence-electron chi connectivity index (χ0n) is 36.9. The van der Waals surface area contributed by atoms with E-state index >= 15 is 0 Å². The first-order valence-corrected chi connectivity index (χ1v) is 22.5. The minimum atomic E-state index is -3.43. The summed E-state index contributed by atoms with van der Waals surface area (Å²) in [5, 5.41) is 3.18. The second-order valence-corrected chi connectivity index (χ2v) is 17.7. The number of ether oxygens (including phenoxy) is 4. The van der Waals surface area contributed by atoms with Crippen LogP contribution in [0.2, 0.25) is 0 Å². The standard InChI is InChI=1S/C45H36F8N8O8S2/c1-45(25-7-5-9-27(15-25)59(21-31-19-55-23-71-31)29-11-13-33(67-40(48)49)35(17-29)69-42(52)53)38(63)57(2)44(65)61(45,3)60-36(37(62)56-43(60)64)24-6-4-8-26(14-24)58(20-30-18-54-22-70-30)28-10-12-32(66-39(46)47)34(16-28)68-41(50)51/h4-19,22-23,36,39-42H,20-21H2,1-3H3/p+1. The number of halogens is 8. The highest BCUT2D eigenvalue weighted by Crippen LogP contribution is 2.49. The molecule has 0 aliphatic carbocycles. The lowest BCUT2D eigenvalue weighted by Crippen LogP contribution is -2.68. The van der Waals surface area contributed by atoms with Gasteiger partial charge in [0.15, 0.2) is 29.0 Å². The predicted molar refractivity (Wildman–Crippen MR) is 238 cm³/mol. The van der Waals surface area contributed by atoms with Crippen LogP contribution in [-0.2, 0) is 28.2 Å². The Kier molecular flexibility index (Phi) is 14.1. The molecule has 0 saturated carbocycles. The number of hydrogen-bond acceptors (Lipinski definition) is 14. The van der Waals surface area contributed by atoms with Gasteiger partial charge in [0.25, 0.3) is 5.91 Å². The van der Waals surface area contributed by atoms with Crippen molar-refractivity contribution >= 4 is 69.3 Å². The highest BCUT2D eigenvalue weighted by molar-refractivity contribution is 7.09. The number of carbonyl (C=O) groups is 4. The number of likely N-dealkylation sites (N-methyl/N-ethyl adjacent to an activating group) is 2. The van der Waals surface area contributed by atoms with Gasteiger partial charge in [-0.25, -0.2) is 14.5 Å². The number of imide groups is 2. The quantitative estimate of drug-likeness (QED) is 0.0466. The SMILES string of the molecule is CN1C(=O)C(C)(c2cccc(N(Cc3cncs3)c3ccc(OC(F)F)c(OC(F)F)c3)c2)[N+](C)(N2C(=O)NC(=O)C2c2cccc(N(Cc3cncs3)c3ccc(OC(F)F)c(OC(F)F)c3)c2)C1=O. The lowest BCUT2D eigenvalue weighted by Gasteiger charge is -2.44. The Labute approximate surface area is 405 Å². The molecule has 3 atom stereocenters. The van der Waals surface area contributed by atoms with Crippen molar-refractivity contribution in [3.63, 3.8) is 0 Å². The average molecular weight is 1030 g/mol. The summed E-state index contributed by atoms with van der Waals surface area (Å²) in [7, 11) is 2.48. The number of alkyl halides is 8. The van der Waals surface area contributed by atoms with Crippen LogP contribution in [0.5, 0.6) is 23.0 Å². The summed E-state index contributed by atoms with van der Waals surface area (Å²) in [5.41, 5.74) is 2.03. The van der Waals surface area contributed by atoms with Crippen LogP contribution < -0.4 is 34.1 Å². The Balaban J connectivity index is 1.22. The number of carbonyl (C=O) groups excluding carboxylic acids is 4. The third-order valence-corrected chi connectivity index (χ3v) is 13.3. The molecule has 2 fully saturated rings. The Morgan fingerprint density at radius 2 is 1.13 bits per heavy atom. The summed E-state index contributed by atoms with van der Waals surface area (Å²) in [4.78, 5) is 71.2. The third-order valence-electron chi connectivity index (χ3n) is 11.8.